The van der Waals surface area contributed by atoms with Crippen molar-refractivity contribution in [2.75, 3.05) is 4.90 Å². The molecule has 2 bridgehead atoms. The molecule has 1 heterocycles. The van der Waals surface area contributed by atoms with Crippen molar-refractivity contribution >= 4 is 45.1 Å². The van der Waals surface area contributed by atoms with Crippen molar-refractivity contribution in [2.24, 2.45) is 24.8 Å². The van der Waals surface area contributed by atoms with Crippen molar-refractivity contribution in [3.05, 3.63) is 77.5 Å². The van der Waals surface area contributed by atoms with Gasteiger partial charge >= 0.3 is 0 Å². The van der Waals surface area contributed by atoms with Gasteiger partial charge in [0.15, 0.2) is 11.6 Å². The number of carbonyl (C=O) groups excluding carboxylic acids is 2. The molecule has 2 aliphatic carbocycles. The Morgan fingerprint density at radius 1 is 1.10 bits per heavy atom. The highest BCUT2D eigenvalue weighted by molar-refractivity contribution is 6.01. The molecular formula is C32H31F2N3O2. The first-order valence-electron chi connectivity index (χ1n) is 13.7. The average Bonchev–Trinajstić information content (AvgIpc) is 3.66. The second kappa shape index (κ2) is 10.0. The number of aryl methyl sites for hydroxylation is 1. The maximum absolute atomic E-state index is 16.0. The number of fused-ring (bicyclic) bond motifs is 4. The van der Waals surface area contributed by atoms with E-state index in [4.69, 9.17) is 0 Å². The van der Waals surface area contributed by atoms with E-state index in [1.807, 2.05) is 24.3 Å². The Morgan fingerprint density at radius 3 is 2.69 bits per heavy atom. The van der Waals surface area contributed by atoms with E-state index >= 15 is 4.39 Å². The van der Waals surface area contributed by atoms with Crippen LogP contribution < -0.4 is 4.90 Å². The van der Waals surface area contributed by atoms with Gasteiger partial charge in [-0.2, -0.15) is 5.10 Å². The Morgan fingerprint density at radius 2 is 1.95 bits per heavy atom. The molecule has 0 spiro atoms. The molecule has 2 saturated carbocycles. The van der Waals surface area contributed by atoms with E-state index in [1.165, 1.54) is 22.9 Å². The van der Waals surface area contributed by atoms with Gasteiger partial charge in [0, 0.05) is 35.8 Å². The molecule has 0 saturated heterocycles. The van der Waals surface area contributed by atoms with Crippen LogP contribution in [0, 0.1) is 29.4 Å². The van der Waals surface area contributed by atoms with Gasteiger partial charge < -0.3 is 4.90 Å². The Labute approximate surface area is 226 Å². The summed E-state index contributed by atoms with van der Waals surface area (Å²) in [5.74, 6) is -0.233. The van der Waals surface area contributed by atoms with Crippen molar-refractivity contribution in [3.63, 3.8) is 0 Å². The highest BCUT2D eigenvalue weighted by Crippen LogP contribution is 2.49. The maximum atomic E-state index is 16.0. The van der Waals surface area contributed by atoms with Gasteiger partial charge in [0.25, 0.3) is 0 Å². The van der Waals surface area contributed by atoms with Crippen molar-refractivity contribution in [1.82, 2.24) is 9.78 Å². The van der Waals surface area contributed by atoms with E-state index < -0.39 is 5.82 Å². The average molecular weight is 528 g/mol. The molecule has 2 fully saturated rings. The fourth-order valence-corrected chi connectivity index (χ4v) is 6.62. The fourth-order valence-electron chi connectivity index (χ4n) is 6.62. The Hall–Kier alpha value is -3.87. The number of halogens is 2. The zero-order valence-electron chi connectivity index (χ0n) is 22.2. The number of rotatable bonds is 7. The van der Waals surface area contributed by atoms with E-state index in [0.29, 0.717) is 51.4 Å². The monoisotopic (exact) mass is 527 g/mol. The Kier molecular flexibility index (Phi) is 6.53. The third-order valence-corrected chi connectivity index (χ3v) is 8.56. The Bertz CT molecular complexity index is 1640. The van der Waals surface area contributed by atoms with Gasteiger partial charge in [-0.1, -0.05) is 37.6 Å². The van der Waals surface area contributed by atoms with Crippen LogP contribution in [0.4, 0.5) is 14.5 Å². The van der Waals surface area contributed by atoms with Gasteiger partial charge in [-0.15, -0.1) is 0 Å². The topological polar surface area (TPSA) is 55.2 Å². The number of hydrogen-bond donors (Lipinski definition) is 0. The number of benzene rings is 3. The first kappa shape index (κ1) is 25.4. The molecule has 0 aliphatic heterocycles. The first-order valence-corrected chi connectivity index (χ1v) is 13.7. The molecule has 200 valence electrons. The van der Waals surface area contributed by atoms with E-state index in [2.05, 4.69) is 5.10 Å². The van der Waals surface area contributed by atoms with Crippen molar-refractivity contribution in [1.29, 1.82) is 0 Å². The van der Waals surface area contributed by atoms with Gasteiger partial charge in [0.05, 0.1) is 12.7 Å². The molecule has 1 aromatic heterocycles. The standard InChI is InChI=1S/C32H31F2N3O2/c1-3-27(38)10-8-20-12-25(33)16-26(13-20)37(32(39)28-14-19-7-9-21(28)11-19)18-23-6-4-5-22-15-24-17-35-36(2)31(24)30(34)29(22)23/h4-6,8,10,12-13,15-17,19,21,28H,3,7,9,11,14,18H2,1-2H3/b10-8+/t19-,21+,28?/m0/s1. The molecule has 6 rings (SSSR count). The first-order chi connectivity index (χ1) is 18.8. The summed E-state index contributed by atoms with van der Waals surface area (Å²) in [4.78, 5) is 27.6. The molecule has 1 unspecified atom stereocenters. The van der Waals surface area contributed by atoms with Gasteiger partial charge in [-0.25, -0.2) is 8.78 Å². The molecule has 1 amide bonds. The third kappa shape index (κ3) is 4.64. The second-order valence-electron chi connectivity index (χ2n) is 11.0. The number of ketones is 1. The highest BCUT2D eigenvalue weighted by atomic mass is 19.1. The van der Waals surface area contributed by atoms with Crippen LogP contribution in [0.5, 0.6) is 0 Å². The SMILES string of the molecule is CCC(=O)/C=C/c1cc(F)cc(N(Cc2cccc3cc4cnn(C)c4c(F)c23)C(=O)C2C[C@H]3CC[C@@H]2C3)c1. The number of aromatic nitrogens is 2. The Balaban J connectivity index is 1.46. The molecule has 7 heteroatoms. The van der Waals surface area contributed by atoms with Crippen LogP contribution in [0.3, 0.4) is 0 Å². The molecular weight excluding hydrogens is 496 g/mol. The molecule has 2 aliphatic rings. The second-order valence-corrected chi connectivity index (χ2v) is 11.0. The summed E-state index contributed by atoms with van der Waals surface area (Å²) in [7, 11) is 1.70. The highest BCUT2D eigenvalue weighted by Gasteiger charge is 2.44. The largest absolute Gasteiger partial charge is 0.308 e. The van der Waals surface area contributed by atoms with Gasteiger partial charge in [0.2, 0.25) is 5.91 Å². The van der Waals surface area contributed by atoms with Crippen LogP contribution in [-0.4, -0.2) is 21.5 Å². The smallest absolute Gasteiger partial charge is 0.230 e. The molecule has 0 radical (unpaired) electrons. The predicted molar refractivity (Wildman–Crippen MR) is 149 cm³/mol. The van der Waals surface area contributed by atoms with Crippen LogP contribution in [-0.2, 0) is 23.2 Å². The normalized spacial score (nSPS) is 20.5. The molecule has 0 N–H and O–H groups in total. The maximum Gasteiger partial charge on any atom is 0.230 e. The predicted octanol–water partition coefficient (Wildman–Crippen LogP) is 6.97. The van der Waals surface area contributed by atoms with Gasteiger partial charge in [0.1, 0.15) is 11.3 Å². The molecule has 3 aromatic carbocycles. The number of allylic oxidation sites excluding steroid dienone is 1. The number of nitrogens with zero attached hydrogens (tertiary/aromatic N) is 3. The van der Waals surface area contributed by atoms with Crippen LogP contribution in [0.15, 0.2) is 54.7 Å². The molecule has 39 heavy (non-hydrogen) atoms. The quantitative estimate of drug-likeness (QED) is 0.244. The van der Waals surface area contributed by atoms with Crippen molar-refractivity contribution in [3.8, 4) is 0 Å². The van der Waals surface area contributed by atoms with Crippen LogP contribution >= 0.6 is 0 Å². The number of carbonyl (C=O) groups is 2. The van der Waals surface area contributed by atoms with E-state index in [0.717, 1.165) is 31.1 Å². The minimum absolute atomic E-state index is 0.0496. The summed E-state index contributed by atoms with van der Waals surface area (Å²) in [6, 6.07) is 11.9. The molecule has 4 aromatic rings. The summed E-state index contributed by atoms with van der Waals surface area (Å²) < 4.78 is 32.4. The zero-order valence-corrected chi connectivity index (χ0v) is 22.2. The van der Waals surface area contributed by atoms with Crippen molar-refractivity contribution in [2.45, 2.75) is 45.6 Å². The summed E-state index contributed by atoms with van der Waals surface area (Å²) in [5, 5.41) is 6.08. The van der Waals surface area contributed by atoms with E-state index in [1.54, 1.807) is 37.2 Å². The fraction of sp³-hybridized carbons (Fsp3) is 0.344. The minimum Gasteiger partial charge on any atom is -0.308 e. The van der Waals surface area contributed by atoms with Crippen LogP contribution in [0.2, 0.25) is 0 Å². The summed E-state index contributed by atoms with van der Waals surface area (Å²) in [6.45, 7) is 1.87. The lowest BCUT2D eigenvalue weighted by Crippen LogP contribution is -2.38. The molecule has 5 nitrogen and oxygen atoms in total. The third-order valence-electron chi connectivity index (χ3n) is 8.56. The molecule has 3 atom stereocenters. The summed E-state index contributed by atoms with van der Waals surface area (Å²) >= 11 is 0. The lowest BCUT2D eigenvalue weighted by Gasteiger charge is -2.30. The van der Waals surface area contributed by atoms with E-state index in [-0.39, 0.29) is 30.0 Å². The van der Waals surface area contributed by atoms with E-state index in [9.17, 15) is 14.0 Å². The lowest BCUT2D eigenvalue weighted by atomic mass is 9.87. The number of hydrogen-bond acceptors (Lipinski definition) is 3. The number of anilines is 1. The number of amides is 1. The minimum atomic E-state index is -0.498. The van der Waals surface area contributed by atoms with Gasteiger partial charge in [-0.05, 0) is 78.0 Å². The van der Waals surface area contributed by atoms with Crippen LogP contribution in [0.1, 0.15) is 50.2 Å². The van der Waals surface area contributed by atoms with Crippen molar-refractivity contribution < 1.29 is 18.4 Å². The zero-order chi connectivity index (χ0) is 27.3. The summed E-state index contributed by atoms with van der Waals surface area (Å²) in [5.41, 5.74) is 1.95. The summed E-state index contributed by atoms with van der Waals surface area (Å²) in [6.07, 6.45) is 9.09. The van der Waals surface area contributed by atoms with Crippen LogP contribution in [0.25, 0.3) is 27.8 Å². The lowest BCUT2D eigenvalue weighted by molar-refractivity contribution is -0.124. The van der Waals surface area contributed by atoms with Gasteiger partial charge in [-0.3, -0.25) is 14.3 Å².